The Labute approximate surface area is 250 Å². The van der Waals surface area contributed by atoms with Crippen molar-refractivity contribution in [1.29, 1.82) is 0 Å². The lowest BCUT2D eigenvalue weighted by Crippen LogP contribution is -2.44. The summed E-state index contributed by atoms with van der Waals surface area (Å²) in [6.07, 6.45) is -0.595. The number of fused-ring (bicyclic) bond motifs is 1. The molecule has 5 atom stereocenters. The predicted molar refractivity (Wildman–Crippen MR) is 155 cm³/mol. The molecule has 2 heterocycles. The lowest BCUT2D eigenvalue weighted by molar-refractivity contribution is -0.155. The predicted octanol–water partition coefficient (Wildman–Crippen LogP) is 4.50. The summed E-state index contributed by atoms with van der Waals surface area (Å²) < 4.78 is 25.8. The normalized spacial score (nSPS) is 25.3. The molecule has 0 amide bonds. The van der Waals surface area contributed by atoms with Crippen LogP contribution in [0.1, 0.15) is 44.2 Å². The third kappa shape index (κ3) is 5.17. The van der Waals surface area contributed by atoms with Crippen molar-refractivity contribution in [2.24, 2.45) is 5.92 Å². The maximum absolute atomic E-state index is 13.4. The molecule has 1 aliphatic heterocycles. The van der Waals surface area contributed by atoms with Crippen LogP contribution in [0.2, 0.25) is 0 Å². The first-order chi connectivity index (χ1) is 20.7. The molecule has 1 N–H and O–H groups in total. The van der Waals surface area contributed by atoms with Crippen molar-refractivity contribution in [3.63, 3.8) is 0 Å². The summed E-state index contributed by atoms with van der Waals surface area (Å²) in [7, 11) is 0. The summed E-state index contributed by atoms with van der Waals surface area (Å²) in [4.78, 5) is 54.1. The molecule has 1 saturated carbocycles. The molecule has 3 aromatic carbocycles. The first-order valence-corrected chi connectivity index (χ1v) is 13.9. The van der Waals surface area contributed by atoms with Crippen LogP contribution in [0.3, 0.4) is 0 Å². The Morgan fingerprint density at radius 1 is 0.837 bits per heavy atom. The molecule has 6 rings (SSSR count). The van der Waals surface area contributed by atoms with Gasteiger partial charge in [0, 0.05) is 12.3 Å². The van der Waals surface area contributed by atoms with E-state index in [0.717, 1.165) is 0 Å². The lowest BCUT2D eigenvalue weighted by Gasteiger charge is -2.35. The van der Waals surface area contributed by atoms with E-state index < -0.39 is 52.9 Å². The van der Waals surface area contributed by atoms with E-state index in [1.807, 2.05) is 0 Å². The second kappa shape index (κ2) is 11.1. The molecule has 1 aromatic heterocycles. The van der Waals surface area contributed by atoms with Crippen LogP contribution in [0.5, 0.6) is 0 Å². The highest BCUT2D eigenvalue weighted by Gasteiger charge is 2.85. The van der Waals surface area contributed by atoms with Crippen molar-refractivity contribution >= 4 is 30.1 Å². The maximum atomic E-state index is 13.4. The summed E-state index contributed by atoms with van der Waals surface area (Å²) in [5.74, 6) is -2.65. The number of rotatable bonds is 8. The molecular weight excluding hydrogens is 572 g/mol. The summed E-state index contributed by atoms with van der Waals surface area (Å²) in [5.41, 5.74) is -2.39. The zero-order valence-electron chi connectivity index (χ0n) is 22.9. The van der Waals surface area contributed by atoms with Gasteiger partial charge in [0.2, 0.25) is 0 Å². The number of benzene rings is 3. The van der Waals surface area contributed by atoms with Gasteiger partial charge in [-0.25, -0.2) is 14.4 Å². The topological polar surface area (TPSA) is 126 Å². The van der Waals surface area contributed by atoms with Crippen LogP contribution in [0.4, 0.5) is 0 Å². The zero-order chi connectivity index (χ0) is 30.2. The Balaban J connectivity index is 1.39. The second-order valence-corrected chi connectivity index (χ2v) is 10.9. The quantitative estimate of drug-likeness (QED) is 0.177. The third-order valence-corrected chi connectivity index (χ3v) is 8.06. The molecule has 1 saturated heterocycles. The zero-order valence-corrected chi connectivity index (χ0v) is 23.7. The van der Waals surface area contributed by atoms with Crippen LogP contribution in [0.15, 0.2) is 108 Å². The molecule has 10 nitrogen and oxygen atoms in total. The summed E-state index contributed by atoms with van der Waals surface area (Å²) in [6, 6.07) is 26.5. The molecule has 3 unspecified atom stereocenters. The van der Waals surface area contributed by atoms with Crippen molar-refractivity contribution in [1.82, 2.24) is 9.55 Å². The highest BCUT2D eigenvalue weighted by atomic mass is 32.1. The number of carbonyl (C=O) groups is 3. The van der Waals surface area contributed by atoms with Gasteiger partial charge in [-0.05, 0) is 55.5 Å². The van der Waals surface area contributed by atoms with Crippen LogP contribution < -0.4 is 5.56 Å². The number of ether oxygens (including phenoxy) is 4. The molecule has 1 aliphatic carbocycles. The highest BCUT2D eigenvalue weighted by molar-refractivity contribution is 7.71. The number of hydrogen-bond acceptors (Lipinski definition) is 9. The van der Waals surface area contributed by atoms with Gasteiger partial charge < -0.3 is 18.9 Å². The minimum absolute atomic E-state index is 0.0232. The molecule has 2 fully saturated rings. The van der Waals surface area contributed by atoms with Crippen LogP contribution in [-0.4, -0.2) is 51.4 Å². The molecule has 0 spiro atoms. The Hall–Kier alpha value is -4.87. The average Bonchev–Trinajstić information content (AvgIpc) is 3.57. The van der Waals surface area contributed by atoms with Crippen LogP contribution in [0, 0.1) is 10.7 Å². The van der Waals surface area contributed by atoms with E-state index in [9.17, 15) is 19.2 Å². The van der Waals surface area contributed by atoms with Gasteiger partial charge in [-0.2, -0.15) is 0 Å². The molecule has 0 radical (unpaired) electrons. The number of aromatic nitrogens is 2. The van der Waals surface area contributed by atoms with Crippen molar-refractivity contribution in [2.75, 3.05) is 6.61 Å². The fourth-order valence-corrected chi connectivity index (χ4v) is 5.90. The fourth-order valence-electron chi connectivity index (χ4n) is 5.65. The van der Waals surface area contributed by atoms with E-state index in [2.05, 4.69) is 4.98 Å². The Morgan fingerprint density at radius 3 is 1.93 bits per heavy atom. The number of H-pyrrole nitrogens is 1. The first kappa shape index (κ1) is 28.3. The van der Waals surface area contributed by atoms with Gasteiger partial charge in [0.25, 0.3) is 5.56 Å². The van der Waals surface area contributed by atoms with E-state index in [-0.39, 0.29) is 11.4 Å². The fraction of sp³-hybridized carbons (Fsp3) is 0.219. The molecule has 2 aliphatic rings. The smallest absolute Gasteiger partial charge is 0.338 e. The molecule has 43 heavy (non-hydrogen) atoms. The third-order valence-electron chi connectivity index (χ3n) is 7.75. The molecule has 218 valence electrons. The Bertz CT molecular complexity index is 1790. The van der Waals surface area contributed by atoms with Crippen molar-refractivity contribution < 1.29 is 33.3 Å². The number of aromatic amines is 1. The standard InChI is InChI=1S/C32H26N2O8S/c1-31(41-28(38)22-15-9-4-10-16-22)24-25(40-27(37)21-13-7-3-8-14-21)32(24,19-39-26(36)20-11-5-2-6-12-20)42-29(31)34-18-17-23(35)33-30(34)43/h2-18,24-25,29H,19H2,1H3,(H,33,35,43)/t24?,25-,29-,31?,32?/m1/s1. The van der Waals surface area contributed by atoms with E-state index in [1.54, 1.807) is 97.9 Å². The number of nitrogens with zero attached hydrogens (tertiary/aromatic N) is 1. The summed E-state index contributed by atoms with van der Waals surface area (Å²) in [5, 5.41) is 0. The van der Waals surface area contributed by atoms with Gasteiger partial charge in [0.05, 0.1) is 22.6 Å². The van der Waals surface area contributed by atoms with Crippen molar-refractivity contribution in [3.8, 4) is 0 Å². The first-order valence-electron chi connectivity index (χ1n) is 13.5. The van der Waals surface area contributed by atoms with Gasteiger partial charge in [-0.15, -0.1) is 0 Å². The Morgan fingerprint density at radius 2 is 1.37 bits per heavy atom. The van der Waals surface area contributed by atoms with Crippen LogP contribution in [0.25, 0.3) is 0 Å². The average molecular weight is 599 g/mol. The van der Waals surface area contributed by atoms with Crippen molar-refractivity contribution in [2.45, 2.75) is 30.5 Å². The summed E-state index contributed by atoms with van der Waals surface area (Å²) >= 11 is 5.43. The minimum Gasteiger partial charge on any atom is -0.459 e. The van der Waals surface area contributed by atoms with E-state index in [1.165, 1.54) is 16.8 Å². The number of hydrogen-bond donors (Lipinski definition) is 1. The molecule has 0 bridgehead atoms. The molecule has 11 heteroatoms. The van der Waals surface area contributed by atoms with Gasteiger partial charge >= 0.3 is 17.9 Å². The van der Waals surface area contributed by atoms with E-state index >= 15 is 0 Å². The SMILES string of the molecule is CC1(OC(=O)c2ccccc2)C2[C@@H](OC(=O)c3ccccc3)C2(COC(=O)c2ccccc2)O[C@H]1n1ccc(=O)[nH]c1=S. The second-order valence-electron chi connectivity index (χ2n) is 10.5. The number of carbonyl (C=O) groups excluding carboxylic acids is 3. The molecule has 4 aromatic rings. The minimum atomic E-state index is -1.50. The highest BCUT2D eigenvalue weighted by Crippen LogP contribution is 2.67. The van der Waals surface area contributed by atoms with Gasteiger partial charge in [-0.1, -0.05) is 54.6 Å². The van der Waals surface area contributed by atoms with Gasteiger partial charge in [0.15, 0.2) is 22.2 Å². The lowest BCUT2D eigenvalue weighted by atomic mass is 9.97. The molecular formula is C32H26N2O8S. The van der Waals surface area contributed by atoms with Crippen LogP contribution in [-0.2, 0) is 18.9 Å². The van der Waals surface area contributed by atoms with Crippen molar-refractivity contribution in [3.05, 3.63) is 135 Å². The largest absolute Gasteiger partial charge is 0.459 e. The maximum Gasteiger partial charge on any atom is 0.338 e. The Kier molecular flexibility index (Phi) is 7.28. The van der Waals surface area contributed by atoms with Gasteiger partial charge in [0.1, 0.15) is 12.7 Å². The van der Waals surface area contributed by atoms with E-state index in [0.29, 0.717) is 16.7 Å². The number of nitrogens with one attached hydrogen (secondary N) is 1. The number of esters is 3. The summed E-state index contributed by atoms with van der Waals surface area (Å²) in [6.45, 7) is 1.33. The van der Waals surface area contributed by atoms with E-state index in [4.69, 9.17) is 31.2 Å². The van der Waals surface area contributed by atoms with Gasteiger partial charge in [-0.3, -0.25) is 14.3 Å². The van der Waals surface area contributed by atoms with Crippen LogP contribution >= 0.6 is 12.2 Å². The monoisotopic (exact) mass is 598 g/mol.